The molecule has 0 heterocycles. The highest BCUT2D eigenvalue weighted by molar-refractivity contribution is 5.35. The van der Waals surface area contributed by atoms with Crippen molar-refractivity contribution in [2.75, 3.05) is 6.54 Å². The number of nitrogens with one attached hydrogen (secondary N) is 1. The zero-order valence-electron chi connectivity index (χ0n) is 12.1. The Kier molecular flexibility index (Phi) is 5.02. The van der Waals surface area contributed by atoms with Crippen molar-refractivity contribution in [1.29, 1.82) is 0 Å². The van der Waals surface area contributed by atoms with E-state index in [1.54, 1.807) is 0 Å². The number of rotatable bonds is 5. The standard InChI is InChI=1S/C17H18F3N/c1-3-11-5-7-12(8-6-11)17(21-4-2)13-9-10-14(18)16(20)15(13)19/h5-10,17,21H,3-4H2,1-2H3. The first-order valence-corrected chi connectivity index (χ1v) is 7.04. The summed E-state index contributed by atoms with van der Waals surface area (Å²) in [4.78, 5) is 0. The van der Waals surface area contributed by atoms with Crippen LogP contribution in [0, 0.1) is 17.5 Å². The van der Waals surface area contributed by atoms with Crippen LogP contribution in [0.5, 0.6) is 0 Å². The summed E-state index contributed by atoms with van der Waals surface area (Å²) in [5.74, 6) is -3.74. The van der Waals surface area contributed by atoms with Crippen LogP contribution in [-0.2, 0) is 6.42 Å². The summed E-state index contributed by atoms with van der Waals surface area (Å²) in [6.07, 6.45) is 0.908. The van der Waals surface area contributed by atoms with Crippen LogP contribution in [0.25, 0.3) is 0 Å². The van der Waals surface area contributed by atoms with Crippen molar-refractivity contribution in [3.63, 3.8) is 0 Å². The summed E-state index contributed by atoms with van der Waals surface area (Å²) in [5, 5.41) is 3.11. The minimum absolute atomic E-state index is 0.111. The molecule has 0 aliphatic rings. The number of aryl methyl sites for hydroxylation is 1. The van der Waals surface area contributed by atoms with Gasteiger partial charge in [0.1, 0.15) is 0 Å². The minimum atomic E-state index is -1.43. The van der Waals surface area contributed by atoms with Crippen LogP contribution in [-0.4, -0.2) is 6.54 Å². The highest BCUT2D eigenvalue weighted by Crippen LogP contribution is 2.27. The number of halogens is 3. The highest BCUT2D eigenvalue weighted by atomic mass is 19.2. The van der Waals surface area contributed by atoms with Gasteiger partial charge in [0.2, 0.25) is 0 Å². The first-order chi connectivity index (χ1) is 10.1. The van der Waals surface area contributed by atoms with Crippen molar-refractivity contribution in [1.82, 2.24) is 5.32 Å². The molecule has 0 aliphatic heterocycles. The van der Waals surface area contributed by atoms with E-state index in [1.807, 2.05) is 38.1 Å². The van der Waals surface area contributed by atoms with Gasteiger partial charge in [0, 0.05) is 5.56 Å². The van der Waals surface area contributed by atoms with E-state index in [9.17, 15) is 13.2 Å². The lowest BCUT2D eigenvalue weighted by Crippen LogP contribution is -2.23. The molecule has 0 fully saturated rings. The number of hydrogen-bond donors (Lipinski definition) is 1. The molecule has 1 unspecified atom stereocenters. The van der Waals surface area contributed by atoms with E-state index in [0.717, 1.165) is 18.1 Å². The SMILES string of the molecule is CCNC(c1ccc(CC)cc1)c1ccc(F)c(F)c1F. The summed E-state index contributed by atoms with van der Waals surface area (Å²) in [7, 11) is 0. The van der Waals surface area contributed by atoms with E-state index >= 15 is 0 Å². The van der Waals surface area contributed by atoms with Gasteiger partial charge in [-0.05, 0) is 30.2 Å². The maximum absolute atomic E-state index is 14.0. The monoisotopic (exact) mass is 293 g/mol. The molecule has 0 amide bonds. The fourth-order valence-corrected chi connectivity index (χ4v) is 2.32. The minimum Gasteiger partial charge on any atom is -0.306 e. The second-order valence-electron chi connectivity index (χ2n) is 4.85. The van der Waals surface area contributed by atoms with E-state index in [0.29, 0.717) is 6.54 Å². The summed E-state index contributed by atoms with van der Waals surface area (Å²) < 4.78 is 40.5. The fourth-order valence-electron chi connectivity index (χ4n) is 2.32. The highest BCUT2D eigenvalue weighted by Gasteiger charge is 2.21. The predicted octanol–water partition coefficient (Wildman–Crippen LogP) is 4.37. The van der Waals surface area contributed by atoms with Gasteiger partial charge in [-0.3, -0.25) is 0 Å². The van der Waals surface area contributed by atoms with Gasteiger partial charge < -0.3 is 5.32 Å². The molecule has 1 N–H and O–H groups in total. The quantitative estimate of drug-likeness (QED) is 0.807. The summed E-state index contributed by atoms with van der Waals surface area (Å²) >= 11 is 0. The van der Waals surface area contributed by atoms with E-state index in [1.165, 1.54) is 11.6 Å². The van der Waals surface area contributed by atoms with Crippen LogP contribution in [0.4, 0.5) is 13.2 Å². The number of benzene rings is 2. The lowest BCUT2D eigenvalue weighted by Gasteiger charge is -2.20. The van der Waals surface area contributed by atoms with Crippen LogP contribution in [0.2, 0.25) is 0 Å². The largest absolute Gasteiger partial charge is 0.306 e. The lowest BCUT2D eigenvalue weighted by atomic mass is 9.96. The van der Waals surface area contributed by atoms with E-state index < -0.39 is 23.5 Å². The third kappa shape index (κ3) is 3.27. The van der Waals surface area contributed by atoms with Crippen LogP contribution >= 0.6 is 0 Å². The van der Waals surface area contributed by atoms with E-state index in [2.05, 4.69) is 5.32 Å². The Morgan fingerprint density at radius 3 is 2.14 bits per heavy atom. The van der Waals surface area contributed by atoms with Gasteiger partial charge in [-0.2, -0.15) is 0 Å². The molecule has 2 aromatic rings. The molecule has 21 heavy (non-hydrogen) atoms. The fraction of sp³-hybridized carbons (Fsp3) is 0.294. The maximum atomic E-state index is 14.0. The molecular weight excluding hydrogens is 275 g/mol. The second kappa shape index (κ2) is 6.76. The summed E-state index contributed by atoms with van der Waals surface area (Å²) in [5.41, 5.74) is 2.10. The molecule has 0 radical (unpaired) electrons. The Morgan fingerprint density at radius 1 is 0.905 bits per heavy atom. The Bertz CT molecular complexity index is 608. The summed E-state index contributed by atoms with van der Waals surface area (Å²) in [6, 6.07) is 9.41. The van der Waals surface area contributed by atoms with Crippen molar-refractivity contribution in [2.45, 2.75) is 26.3 Å². The van der Waals surface area contributed by atoms with Gasteiger partial charge in [0.25, 0.3) is 0 Å². The first kappa shape index (κ1) is 15.6. The smallest absolute Gasteiger partial charge is 0.194 e. The van der Waals surface area contributed by atoms with Crippen LogP contribution in [0.15, 0.2) is 36.4 Å². The molecule has 4 heteroatoms. The van der Waals surface area contributed by atoms with Gasteiger partial charge in [-0.25, -0.2) is 13.2 Å². The molecule has 112 valence electrons. The van der Waals surface area contributed by atoms with Gasteiger partial charge >= 0.3 is 0 Å². The Labute approximate surface area is 122 Å². The van der Waals surface area contributed by atoms with Gasteiger partial charge in [-0.15, -0.1) is 0 Å². The Morgan fingerprint density at radius 2 is 1.57 bits per heavy atom. The van der Waals surface area contributed by atoms with Crippen molar-refractivity contribution in [2.24, 2.45) is 0 Å². The van der Waals surface area contributed by atoms with Crippen molar-refractivity contribution >= 4 is 0 Å². The lowest BCUT2D eigenvalue weighted by molar-refractivity contribution is 0.433. The number of hydrogen-bond acceptors (Lipinski definition) is 1. The van der Waals surface area contributed by atoms with Crippen molar-refractivity contribution in [3.8, 4) is 0 Å². The normalized spacial score (nSPS) is 12.4. The van der Waals surface area contributed by atoms with Crippen LogP contribution < -0.4 is 5.32 Å². The Balaban J connectivity index is 2.45. The Hall–Kier alpha value is -1.81. The van der Waals surface area contributed by atoms with Crippen molar-refractivity contribution < 1.29 is 13.2 Å². The van der Waals surface area contributed by atoms with Crippen LogP contribution in [0.1, 0.15) is 36.6 Å². The third-order valence-electron chi connectivity index (χ3n) is 3.51. The summed E-state index contributed by atoms with van der Waals surface area (Å²) in [6.45, 7) is 4.51. The van der Waals surface area contributed by atoms with Gasteiger partial charge in [0.15, 0.2) is 17.5 Å². The van der Waals surface area contributed by atoms with Gasteiger partial charge in [0.05, 0.1) is 6.04 Å². The molecule has 0 spiro atoms. The molecule has 0 aliphatic carbocycles. The van der Waals surface area contributed by atoms with E-state index in [-0.39, 0.29) is 5.56 Å². The molecule has 1 nitrogen and oxygen atoms in total. The molecule has 0 saturated heterocycles. The third-order valence-corrected chi connectivity index (χ3v) is 3.51. The van der Waals surface area contributed by atoms with Crippen molar-refractivity contribution in [3.05, 3.63) is 70.5 Å². The van der Waals surface area contributed by atoms with E-state index in [4.69, 9.17) is 0 Å². The molecule has 0 aromatic heterocycles. The first-order valence-electron chi connectivity index (χ1n) is 7.04. The molecule has 2 aromatic carbocycles. The average Bonchev–Trinajstić information content (AvgIpc) is 2.51. The zero-order valence-corrected chi connectivity index (χ0v) is 12.1. The second-order valence-corrected chi connectivity index (χ2v) is 4.85. The average molecular weight is 293 g/mol. The topological polar surface area (TPSA) is 12.0 Å². The molecular formula is C17H18F3N. The van der Waals surface area contributed by atoms with Crippen LogP contribution in [0.3, 0.4) is 0 Å². The predicted molar refractivity (Wildman–Crippen MR) is 77.7 cm³/mol. The molecule has 2 rings (SSSR count). The molecule has 1 atom stereocenters. The maximum Gasteiger partial charge on any atom is 0.194 e. The molecule has 0 bridgehead atoms. The zero-order chi connectivity index (χ0) is 15.4. The van der Waals surface area contributed by atoms with Gasteiger partial charge in [-0.1, -0.05) is 44.2 Å². The molecule has 0 saturated carbocycles.